The van der Waals surface area contributed by atoms with Crippen LogP contribution >= 0.6 is 0 Å². The van der Waals surface area contributed by atoms with Crippen LogP contribution in [-0.4, -0.2) is 14.5 Å². The second kappa shape index (κ2) is 6.53. The monoisotopic (exact) mass is 301 g/mol. The molecule has 0 saturated carbocycles. The second-order valence-electron chi connectivity index (χ2n) is 4.67. The fourth-order valence-corrected chi connectivity index (χ4v) is 2.84. The molecule has 5 heteroatoms. The highest BCUT2D eigenvalue weighted by Gasteiger charge is 2.21. The minimum atomic E-state index is -3.93. The molecule has 0 aliphatic rings. The van der Waals surface area contributed by atoms with Crippen molar-refractivity contribution in [1.29, 1.82) is 5.26 Å². The van der Waals surface area contributed by atoms with E-state index in [1.807, 2.05) is 43.3 Å². The highest BCUT2D eigenvalue weighted by molar-refractivity contribution is 7.86. The Morgan fingerprint density at radius 1 is 1.10 bits per heavy atom. The predicted molar refractivity (Wildman–Crippen MR) is 79.0 cm³/mol. The van der Waals surface area contributed by atoms with Crippen molar-refractivity contribution >= 4 is 10.1 Å². The van der Waals surface area contributed by atoms with Crippen molar-refractivity contribution in [3.63, 3.8) is 0 Å². The van der Waals surface area contributed by atoms with Gasteiger partial charge >= 0.3 is 0 Å². The fourth-order valence-electron chi connectivity index (χ4n) is 1.84. The minimum Gasteiger partial charge on any atom is -0.247 e. The van der Waals surface area contributed by atoms with Gasteiger partial charge in [0.1, 0.15) is 0 Å². The summed E-state index contributed by atoms with van der Waals surface area (Å²) in [4.78, 5) is 0.0569. The van der Waals surface area contributed by atoms with Crippen molar-refractivity contribution in [3.05, 3.63) is 65.7 Å². The number of nitriles is 1. The molecule has 4 nitrogen and oxygen atoms in total. The normalized spacial score (nSPS) is 12.6. The molecule has 1 unspecified atom stereocenters. The lowest BCUT2D eigenvalue weighted by Crippen LogP contribution is -2.19. The molecule has 0 radical (unpaired) electrons. The molecule has 0 amide bonds. The minimum absolute atomic E-state index is 0.0569. The van der Waals surface area contributed by atoms with E-state index in [1.54, 1.807) is 12.1 Å². The Morgan fingerprint density at radius 2 is 1.71 bits per heavy atom. The average molecular weight is 301 g/mol. The molecule has 0 aromatic heterocycles. The highest BCUT2D eigenvalue weighted by Crippen LogP contribution is 2.16. The van der Waals surface area contributed by atoms with Gasteiger partial charge in [-0.1, -0.05) is 48.0 Å². The maximum absolute atomic E-state index is 12.1. The first-order valence-corrected chi connectivity index (χ1v) is 7.85. The Morgan fingerprint density at radius 3 is 2.29 bits per heavy atom. The highest BCUT2D eigenvalue weighted by atomic mass is 32.2. The van der Waals surface area contributed by atoms with E-state index in [-0.39, 0.29) is 11.3 Å². The lowest BCUT2D eigenvalue weighted by Gasteiger charge is -2.11. The molecular weight excluding hydrogens is 286 g/mol. The van der Waals surface area contributed by atoms with Crippen LogP contribution in [0.3, 0.4) is 0 Å². The van der Waals surface area contributed by atoms with Crippen LogP contribution in [0.2, 0.25) is 0 Å². The molecule has 2 rings (SSSR count). The van der Waals surface area contributed by atoms with E-state index in [1.165, 1.54) is 12.1 Å². The molecule has 0 N–H and O–H groups in total. The average Bonchev–Trinajstić information content (AvgIpc) is 2.48. The van der Waals surface area contributed by atoms with Crippen molar-refractivity contribution in [2.45, 2.75) is 24.3 Å². The fraction of sp³-hybridized carbons (Fsp3) is 0.188. The third kappa shape index (κ3) is 4.15. The topological polar surface area (TPSA) is 67.2 Å². The number of hydrogen-bond acceptors (Lipinski definition) is 4. The molecule has 0 saturated heterocycles. The van der Waals surface area contributed by atoms with E-state index in [2.05, 4.69) is 0 Å². The Kier molecular flexibility index (Phi) is 4.73. The van der Waals surface area contributed by atoms with Gasteiger partial charge in [-0.3, -0.25) is 0 Å². The van der Waals surface area contributed by atoms with E-state index in [9.17, 15) is 8.42 Å². The molecule has 0 aliphatic carbocycles. The molecule has 21 heavy (non-hydrogen) atoms. The van der Waals surface area contributed by atoms with Gasteiger partial charge in [0.15, 0.2) is 6.10 Å². The summed E-state index contributed by atoms with van der Waals surface area (Å²) in [6.07, 6.45) is -0.818. The first kappa shape index (κ1) is 15.2. The Hall–Kier alpha value is -2.16. The van der Waals surface area contributed by atoms with Gasteiger partial charge < -0.3 is 0 Å². The first-order chi connectivity index (χ1) is 10.0. The van der Waals surface area contributed by atoms with Crippen LogP contribution in [0, 0.1) is 18.3 Å². The van der Waals surface area contributed by atoms with Gasteiger partial charge in [0.25, 0.3) is 10.1 Å². The molecule has 1 atom stereocenters. The molecule has 0 bridgehead atoms. The maximum atomic E-state index is 12.1. The van der Waals surface area contributed by atoms with Crippen LogP contribution in [-0.2, 0) is 20.7 Å². The van der Waals surface area contributed by atoms with E-state index in [0.717, 1.165) is 11.1 Å². The Bertz CT molecular complexity index is 731. The summed E-state index contributed by atoms with van der Waals surface area (Å²) in [5.74, 6) is 0. The van der Waals surface area contributed by atoms with Crippen molar-refractivity contribution in [1.82, 2.24) is 0 Å². The van der Waals surface area contributed by atoms with E-state index >= 15 is 0 Å². The van der Waals surface area contributed by atoms with E-state index in [4.69, 9.17) is 9.44 Å². The van der Waals surface area contributed by atoms with Gasteiger partial charge in [-0.2, -0.15) is 13.7 Å². The zero-order chi connectivity index (χ0) is 15.3. The zero-order valence-corrected chi connectivity index (χ0v) is 12.4. The largest absolute Gasteiger partial charge is 0.298 e. The van der Waals surface area contributed by atoms with Gasteiger partial charge in [0.2, 0.25) is 0 Å². The molecule has 0 heterocycles. The summed E-state index contributed by atoms with van der Waals surface area (Å²) in [5.41, 5.74) is 1.80. The van der Waals surface area contributed by atoms with Crippen molar-refractivity contribution < 1.29 is 12.6 Å². The van der Waals surface area contributed by atoms with Crippen molar-refractivity contribution in [3.8, 4) is 6.07 Å². The summed E-state index contributed by atoms with van der Waals surface area (Å²) < 4.78 is 29.3. The van der Waals surface area contributed by atoms with Crippen LogP contribution in [0.25, 0.3) is 0 Å². The number of nitrogens with zero attached hydrogens (tertiary/aromatic N) is 1. The van der Waals surface area contributed by atoms with E-state index in [0.29, 0.717) is 0 Å². The van der Waals surface area contributed by atoms with Crippen molar-refractivity contribution in [2.75, 3.05) is 0 Å². The van der Waals surface area contributed by atoms with Gasteiger partial charge in [0.05, 0.1) is 11.0 Å². The van der Waals surface area contributed by atoms with Crippen molar-refractivity contribution in [2.24, 2.45) is 0 Å². The van der Waals surface area contributed by atoms with Gasteiger partial charge in [-0.25, -0.2) is 4.18 Å². The molecule has 108 valence electrons. The molecule has 0 fully saturated rings. The van der Waals surface area contributed by atoms with Crippen LogP contribution < -0.4 is 0 Å². The Balaban J connectivity index is 2.14. The van der Waals surface area contributed by atoms with Crippen LogP contribution in [0.15, 0.2) is 59.5 Å². The van der Waals surface area contributed by atoms with Gasteiger partial charge in [0, 0.05) is 6.42 Å². The third-order valence-corrected chi connectivity index (χ3v) is 4.30. The number of aryl methyl sites for hydroxylation is 1. The number of benzene rings is 2. The molecule has 2 aromatic carbocycles. The quantitative estimate of drug-likeness (QED) is 0.796. The molecule has 2 aromatic rings. The summed E-state index contributed by atoms with van der Waals surface area (Å²) in [6.45, 7) is 1.87. The second-order valence-corrected chi connectivity index (χ2v) is 6.24. The van der Waals surface area contributed by atoms with Crippen LogP contribution in [0.5, 0.6) is 0 Å². The number of hydrogen-bond donors (Lipinski definition) is 0. The Labute approximate surface area is 124 Å². The predicted octanol–water partition coefficient (Wildman–Crippen LogP) is 2.84. The maximum Gasteiger partial charge on any atom is 0.298 e. The van der Waals surface area contributed by atoms with Gasteiger partial charge in [-0.05, 0) is 24.6 Å². The zero-order valence-electron chi connectivity index (χ0n) is 11.6. The summed E-state index contributed by atoms with van der Waals surface area (Å²) in [6, 6.07) is 17.4. The first-order valence-electron chi connectivity index (χ1n) is 6.45. The lowest BCUT2D eigenvalue weighted by molar-refractivity contribution is 0.262. The summed E-state index contributed by atoms with van der Waals surface area (Å²) in [5, 5.41) is 9.10. The molecule has 0 spiro atoms. The van der Waals surface area contributed by atoms with Crippen LogP contribution in [0.4, 0.5) is 0 Å². The van der Waals surface area contributed by atoms with Crippen LogP contribution in [0.1, 0.15) is 11.1 Å². The SMILES string of the molecule is Cc1ccc(S(=O)(=O)OC(C#N)Cc2ccccc2)cc1. The molecular formula is C16H15NO3S. The summed E-state index contributed by atoms with van der Waals surface area (Å²) >= 11 is 0. The van der Waals surface area contributed by atoms with E-state index < -0.39 is 16.2 Å². The summed E-state index contributed by atoms with van der Waals surface area (Å²) in [7, 11) is -3.93. The lowest BCUT2D eigenvalue weighted by atomic mass is 10.1. The number of rotatable bonds is 5. The smallest absolute Gasteiger partial charge is 0.247 e. The third-order valence-electron chi connectivity index (χ3n) is 2.96. The standard InChI is InChI=1S/C16H15NO3S/c1-13-7-9-16(10-8-13)21(18,19)20-15(12-17)11-14-5-3-2-4-6-14/h2-10,15H,11H2,1H3. The van der Waals surface area contributed by atoms with Gasteiger partial charge in [-0.15, -0.1) is 0 Å². The molecule has 0 aliphatic heterocycles.